The highest BCUT2D eigenvalue weighted by molar-refractivity contribution is 6.45. The summed E-state index contributed by atoms with van der Waals surface area (Å²) in [5.74, 6) is -0.386. The van der Waals surface area contributed by atoms with Crippen molar-refractivity contribution in [2.45, 2.75) is 18.7 Å². The van der Waals surface area contributed by atoms with Crippen LogP contribution in [0.4, 0.5) is 0 Å². The molecule has 74 valence electrons. The molecule has 1 unspecified atom stereocenters. The lowest BCUT2D eigenvalue weighted by Crippen LogP contribution is -2.07. The van der Waals surface area contributed by atoms with Crippen molar-refractivity contribution in [3.8, 4) is 0 Å². The van der Waals surface area contributed by atoms with E-state index in [0.717, 1.165) is 5.57 Å². The number of ether oxygens (including phenoxy) is 1. The molecule has 1 aliphatic rings. The monoisotopic (exact) mass is 222 g/mol. The van der Waals surface area contributed by atoms with Crippen molar-refractivity contribution in [2.75, 3.05) is 7.11 Å². The zero-order valence-electron chi connectivity index (χ0n) is 7.80. The molecule has 1 fully saturated rings. The van der Waals surface area contributed by atoms with Crippen LogP contribution >= 0.6 is 23.2 Å². The molecule has 0 heterocycles. The lowest BCUT2D eigenvalue weighted by Gasteiger charge is -1.97. The Kier molecular flexibility index (Phi) is 2.93. The van der Waals surface area contributed by atoms with Crippen molar-refractivity contribution in [2.24, 2.45) is 11.3 Å². The second-order valence-corrected chi connectivity index (χ2v) is 4.80. The van der Waals surface area contributed by atoms with Gasteiger partial charge in [0.15, 0.2) is 0 Å². The zero-order chi connectivity index (χ0) is 10.2. The minimum absolute atomic E-state index is 0.144. The number of esters is 1. The number of halogens is 2. The maximum absolute atomic E-state index is 11.2. The second-order valence-electron chi connectivity index (χ2n) is 3.63. The first-order valence-corrected chi connectivity index (χ1v) is 4.86. The van der Waals surface area contributed by atoms with E-state index in [0.29, 0.717) is 0 Å². The average Bonchev–Trinajstić information content (AvgIpc) is 2.51. The summed E-state index contributed by atoms with van der Waals surface area (Å²) in [6.45, 7) is 3.94. The molecule has 0 N–H and O–H groups in total. The van der Waals surface area contributed by atoms with Gasteiger partial charge in [-0.25, -0.2) is 0 Å². The summed E-state index contributed by atoms with van der Waals surface area (Å²) in [5, 5.41) is 0. The molecule has 1 aliphatic carbocycles. The smallest absolute Gasteiger partial charge is 0.313 e. The maximum Gasteiger partial charge on any atom is 0.313 e. The highest BCUT2D eigenvalue weighted by Crippen LogP contribution is 2.58. The Morgan fingerprint density at radius 1 is 1.62 bits per heavy atom. The number of allylic oxidation sites excluding steroid dienone is 1. The predicted octanol–water partition coefficient (Wildman–Crippen LogP) is 2.55. The van der Waals surface area contributed by atoms with Gasteiger partial charge in [0.25, 0.3) is 0 Å². The fourth-order valence-electron chi connectivity index (χ4n) is 1.57. The molecule has 0 spiro atoms. The van der Waals surface area contributed by atoms with Crippen LogP contribution in [0.5, 0.6) is 0 Å². The Bertz CT molecular complexity index is 256. The standard InChI is InChI=1S/C9H12Cl2O2/c1-9(2)5(4-6(10)11)7(9)8(12)13-3/h4,6-7H,1-3H3. The molecule has 1 rings (SSSR count). The molecular weight excluding hydrogens is 211 g/mol. The van der Waals surface area contributed by atoms with Crippen LogP contribution in [0.2, 0.25) is 0 Å². The molecule has 0 aliphatic heterocycles. The molecule has 2 nitrogen and oxygen atoms in total. The number of methoxy groups -OCH3 is 1. The van der Waals surface area contributed by atoms with Crippen molar-refractivity contribution in [1.82, 2.24) is 0 Å². The van der Waals surface area contributed by atoms with Gasteiger partial charge in [-0.1, -0.05) is 19.9 Å². The van der Waals surface area contributed by atoms with E-state index in [1.165, 1.54) is 7.11 Å². The van der Waals surface area contributed by atoms with E-state index in [-0.39, 0.29) is 17.3 Å². The number of carbonyl (C=O) groups is 1. The summed E-state index contributed by atoms with van der Waals surface area (Å²) >= 11 is 11.2. The Balaban J connectivity index is 2.77. The molecule has 13 heavy (non-hydrogen) atoms. The maximum atomic E-state index is 11.2. The first-order valence-electron chi connectivity index (χ1n) is 3.99. The zero-order valence-corrected chi connectivity index (χ0v) is 9.32. The van der Waals surface area contributed by atoms with Crippen LogP contribution < -0.4 is 0 Å². The molecular formula is C9H12Cl2O2. The van der Waals surface area contributed by atoms with Crippen molar-refractivity contribution in [3.63, 3.8) is 0 Å². The second kappa shape index (κ2) is 3.50. The van der Waals surface area contributed by atoms with E-state index in [4.69, 9.17) is 23.2 Å². The van der Waals surface area contributed by atoms with E-state index in [1.54, 1.807) is 6.08 Å². The Morgan fingerprint density at radius 3 is 2.54 bits per heavy atom. The largest absolute Gasteiger partial charge is 0.469 e. The van der Waals surface area contributed by atoms with E-state index < -0.39 is 4.84 Å². The molecule has 0 aromatic heterocycles. The van der Waals surface area contributed by atoms with E-state index >= 15 is 0 Å². The van der Waals surface area contributed by atoms with Crippen LogP contribution in [0.1, 0.15) is 13.8 Å². The van der Waals surface area contributed by atoms with Gasteiger partial charge in [-0.2, -0.15) is 0 Å². The van der Waals surface area contributed by atoms with Gasteiger partial charge in [0.1, 0.15) is 4.84 Å². The van der Waals surface area contributed by atoms with Crippen LogP contribution in [0.15, 0.2) is 11.6 Å². The number of hydrogen-bond donors (Lipinski definition) is 0. The molecule has 0 radical (unpaired) electrons. The normalized spacial score (nSPS) is 27.8. The molecule has 4 heteroatoms. The predicted molar refractivity (Wildman–Crippen MR) is 52.9 cm³/mol. The molecule has 1 saturated carbocycles. The van der Waals surface area contributed by atoms with Gasteiger partial charge in [-0.15, -0.1) is 23.2 Å². The Hall–Kier alpha value is -0.210. The lowest BCUT2D eigenvalue weighted by molar-refractivity contribution is -0.142. The number of alkyl halides is 2. The summed E-state index contributed by atoms with van der Waals surface area (Å²) in [5.41, 5.74) is 0.823. The fraction of sp³-hybridized carbons (Fsp3) is 0.667. The van der Waals surface area contributed by atoms with Gasteiger partial charge >= 0.3 is 5.97 Å². The van der Waals surface area contributed by atoms with E-state index in [2.05, 4.69) is 4.74 Å². The summed E-state index contributed by atoms with van der Waals surface area (Å²) in [6, 6.07) is 0. The van der Waals surface area contributed by atoms with Crippen molar-refractivity contribution in [3.05, 3.63) is 11.6 Å². The summed E-state index contributed by atoms with van der Waals surface area (Å²) in [4.78, 5) is 10.7. The van der Waals surface area contributed by atoms with Crippen LogP contribution in [0.3, 0.4) is 0 Å². The van der Waals surface area contributed by atoms with Crippen LogP contribution in [-0.4, -0.2) is 17.9 Å². The quantitative estimate of drug-likeness (QED) is 0.408. The van der Waals surface area contributed by atoms with E-state index in [1.807, 2.05) is 13.8 Å². The van der Waals surface area contributed by atoms with Crippen molar-refractivity contribution in [1.29, 1.82) is 0 Å². The number of rotatable bonds is 2. The van der Waals surface area contributed by atoms with Gasteiger partial charge in [0.05, 0.1) is 13.0 Å². The summed E-state index contributed by atoms with van der Waals surface area (Å²) in [7, 11) is 1.38. The van der Waals surface area contributed by atoms with Gasteiger partial charge in [-0.3, -0.25) is 4.79 Å². The topological polar surface area (TPSA) is 26.3 Å². The van der Waals surface area contributed by atoms with Crippen LogP contribution in [0.25, 0.3) is 0 Å². The van der Waals surface area contributed by atoms with Crippen LogP contribution in [0, 0.1) is 11.3 Å². The minimum atomic E-state index is -0.552. The Morgan fingerprint density at radius 2 is 2.15 bits per heavy atom. The highest BCUT2D eigenvalue weighted by Gasteiger charge is 2.57. The van der Waals surface area contributed by atoms with Gasteiger partial charge < -0.3 is 4.74 Å². The van der Waals surface area contributed by atoms with E-state index in [9.17, 15) is 4.79 Å². The fourth-order valence-corrected chi connectivity index (χ4v) is 1.84. The summed E-state index contributed by atoms with van der Waals surface area (Å²) in [6.07, 6.45) is 1.70. The van der Waals surface area contributed by atoms with Gasteiger partial charge in [0.2, 0.25) is 0 Å². The third-order valence-corrected chi connectivity index (χ3v) is 2.69. The van der Waals surface area contributed by atoms with Gasteiger partial charge in [-0.05, 0) is 5.57 Å². The third-order valence-electron chi connectivity index (χ3n) is 2.44. The number of carbonyl (C=O) groups excluding carboxylic acids is 1. The van der Waals surface area contributed by atoms with Crippen molar-refractivity contribution < 1.29 is 9.53 Å². The Labute approximate surface area is 87.8 Å². The first-order chi connectivity index (χ1) is 5.91. The molecule has 0 saturated heterocycles. The molecule has 0 aromatic rings. The number of hydrogen-bond acceptors (Lipinski definition) is 2. The minimum Gasteiger partial charge on any atom is -0.469 e. The van der Waals surface area contributed by atoms with Crippen molar-refractivity contribution >= 4 is 29.2 Å². The first kappa shape index (κ1) is 10.9. The van der Waals surface area contributed by atoms with Gasteiger partial charge in [0, 0.05) is 5.41 Å². The SMILES string of the molecule is COC(=O)C1C(=CC(Cl)Cl)C1(C)C. The average molecular weight is 223 g/mol. The van der Waals surface area contributed by atoms with Crippen LogP contribution in [-0.2, 0) is 9.53 Å². The molecule has 1 atom stereocenters. The molecule has 0 aromatic carbocycles. The lowest BCUT2D eigenvalue weighted by atomic mass is 10.1. The third kappa shape index (κ3) is 2.00. The molecule has 0 amide bonds. The summed E-state index contributed by atoms with van der Waals surface area (Å²) < 4.78 is 4.66. The molecule has 0 bridgehead atoms. The highest BCUT2D eigenvalue weighted by atomic mass is 35.5.